The van der Waals surface area contributed by atoms with Crippen molar-refractivity contribution in [2.45, 2.75) is 203 Å². The molecule has 2 aromatic heterocycles. The van der Waals surface area contributed by atoms with Crippen molar-refractivity contribution in [3.63, 3.8) is 0 Å². The number of ether oxygens (including phenoxy) is 2. The molecule has 0 fully saturated rings. The number of hydrazine groups is 1. The summed E-state index contributed by atoms with van der Waals surface area (Å²) in [6, 6.07) is -10.5. The number of carbonyl (C=O) groups is 21. The summed E-state index contributed by atoms with van der Waals surface area (Å²) in [4.78, 5) is 293. The highest BCUT2D eigenvalue weighted by Gasteiger charge is 2.54. The maximum Gasteiger partial charge on any atom is 0.340 e. The van der Waals surface area contributed by atoms with Crippen LogP contribution >= 0.6 is 0 Å². The van der Waals surface area contributed by atoms with E-state index >= 15 is 0 Å². The van der Waals surface area contributed by atoms with Crippen LogP contribution in [-0.2, 0) is 109 Å². The molecule has 134 heavy (non-hydrogen) atoms. The number of guanidine groups is 1. The van der Waals surface area contributed by atoms with Gasteiger partial charge in [-0.25, -0.2) is 29.8 Å². The van der Waals surface area contributed by atoms with E-state index in [1.807, 2.05) is 16.2 Å². The van der Waals surface area contributed by atoms with Crippen LogP contribution in [0.4, 0.5) is 4.79 Å². The van der Waals surface area contributed by atoms with Crippen LogP contribution in [0.5, 0.6) is 23.0 Å². The number of nitrogens with two attached hydrogens (primary N) is 3. The van der Waals surface area contributed by atoms with Gasteiger partial charge in [0.2, 0.25) is 82.7 Å². The van der Waals surface area contributed by atoms with Crippen LogP contribution in [0.25, 0.3) is 0 Å². The monoisotopic (exact) mass is 1880 g/mol. The Hall–Kier alpha value is -16.6. The molecular formula is C81H105N25O28. The van der Waals surface area contributed by atoms with Crippen LogP contribution in [0, 0.1) is 11.3 Å². The third-order valence-corrected chi connectivity index (χ3v) is 20.5. The van der Waals surface area contributed by atoms with Gasteiger partial charge in [0.1, 0.15) is 102 Å². The molecule has 1 spiro atoms. The SMILES string of the molecule is CC(C)[C@H](NC(=O)[C@H](C)NC(=O)[C@H](CCC(N)=O)NC(=O)c1ccc2c(c1)C1(OC2=O)c2ccc(O)cc2Oc2cc(O)ccc21)C(=O)N[C@@H](Cc1c[nH]cn1)C(=O)N[C@@H](C)C(=O)N[C@@H](C)C(=O)N[C@@H](Cc1c[nH]cn1)C(=O)N[C@@H](C)C(=O)N[C@@H](CCC(=O)O)C(=O)NNC(=O)N[C@@H](CC(N)=O)C(=O)N[C@@H](CCC(=O)O)C(=O)N[C@@H](C)C(=O)NCC(=O)N[C@@H](CCCNC(=N)N)C(=O)O. The van der Waals surface area contributed by atoms with Gasteiger partial charge in [0.15, 0.2) is 11.6 Å². The lowest BCUT2D eigenvalue weighted by atomic mass is 9.77. The minimum absolute atomic E-state index is 0.0276. The number of rotatable bonds is 49. The maximum atomic E-state index is 14.3. The van der Waals surface area contributed by atoms with Crippen molar-refractivity contribution in [1.82, 2.24) is 111 Å². The summed E-state index contributed by atoms with van der Waals surface area (Å²) < 4.78 is 12.1. The average Bonchev–Trinajstić information content (AvgIpc) is 1.50. The van der Waals surface area contributed by atoms with Crippen molar-refractivity contribution in [1.29, 1.82) is 5.41 Å². The number of fused-ring (bicyclic) bond motifs is 6. The molecule has 722 valence electrons. The Morgan fingerprint density at radius 1 is 0.448 bits per heavy atom. The van der Waals surface area contributed by atoms with Crippen LogP contribution < -0.4 is 113 Å². The summed E-state index contributed by atoms with van der Waals surface area (Å²) in [6.45, 7) is 8.24. The van der Waals surface area contributed by atoms with Crippen LogP contribution in [0.3, 0.4) is 0 Å². The number of amides is 18. The Labute approximate surface area is 760 Å². The predicted octanol–water partition coefficient (Wildman–Crippen LogP) is -7.18. The first-order valence-corrected chi connectivity index (χ1v) is 41.4. The van der Waals surface area contributed by atoms with Crippen molar-refractivity contribution in [3.05, 3.63) is 119 Å². The van der Waals surface area contributed by atoms with Crippen LogP contribution in [0.2, 0.25) is 0 Å². The fourth-order valence-electron chi connectivity index (χ4n) is 13.4. The normalized spacial score (nSPS) is 14.8. The molecule has 7 rings (SSSR count). The predicted molar refractivity (Wildman–Crippen MR) is 458 cm³/mol. The van der Waals surface area contributed by atoms with Crippen molar-refractivity contribution in [2.75, 3.05) is 13.1 Å². The third kappa shape index (κ3) is 30.3. The number of benzene rings is 3. The first kappa shape index (κ1) is 104. The van der Waals surface area contributed by atoms with E-state index in [-0.39, 0.29) is 94.0 Å². The lowest BCUT2D eigenvalue weighted by Crippen LogP contribution is -2.61. The molecule has 5 aromatic rings. The minimum atomic E-state index is -2.02. The Kier molecular flexibility index (Phi) is 37.6. The summed E-state index contributed by atoms with van der Waals surface area (Å²) in [7, 11) is 0. The van der Waals surface area contributed by atoms with E-state index in [1.54, 1.807) is 0 Å². The van der Waals surface area contributed by atoms with Gasteiger partial charge < -0.3 is 142 Å². The second-order valence-corrected chi connectivity index (χ2v) is 31.3. The number of primary amides is 2. The van der Waals surface area contributed by atoms with Crippen molar-refractivity contribution in [3.8, 4) is 23.0 Å². The van der Waals surface area contributed by atoms with Crippen LogP contribution in [0.15, 0.2) is 79.6 Å². The summed E-state index contributed by atoms with van der Waals surface area (Å²) >= 11 is 0. The Bertz CT molecular complexity index is 5230. The molecule has 0 bridgehead atoms. The third-order valence-electron chi connectivity index (χ3n) is 20.5. The van der Waals surface area contributed by atoms with Crippen molar-refractivity contribution in [2.24, 2.45) is 23.1 Å². The number of phenolic OH excluding ortho intramolecular Hbond substituents is 2. The number of aromatic amines is 2. The molecule has 2 aliphatic heterocycles. The first-order valence-electron chi connectivity index (χ1n) is 41.4. The number of imidazole rings is 2. The maximum absolute atomic E-state index is 14.3. The zero-order valence-electron chi connectivity index (χ0n) is 73.0. The number of H-pyrrole nitrogens is 2. The smallest absolute Gasteiger partial charge is 0.340 e. The molecule has 13 atom stereocenters. The Morgan fingerprint density at radius 3 is 1.37 bits per heavy atom. The average molecular weight is 1880 g/mol. The van der Waals surface area contributed by atoms with Gasteiger partial charge in [0.25, 0.3) is 11.8 Å². The topological polar surface area (TPSA) is 842 Å². The number of nitrogens with one attached hydrogen (secondary N) is 20. The summed E-state index contributed by atoms with van der Waals surface area (Å²) in [5.74, 6) is -23.8. The number of esters is 1. The molecule has 2 aliphatic rings. The molecule has 0 radical (unpaired) electrons. The molecule has 3 aromatic carbocycles. The first-order chi connectivity index (χ1) is 63.1. The van der Waals surface area contributed by atoms with E-state index in [4.69, 9.17) is 32.1 Å². The lowest BCUT2D eigenvalue weighted by Gasteiger charge is -2.36. The van der Waals surface area contributed by atoms with Gasteiger partial charge in [-0.2, -0.15) is 0 Å². The molecule has 0 unspecified atom stereocenters. The van der Waals surface area contributed by atoms with Gasteiger partial charge >= 0.3 is 29.9 Å². The molecule has 18 amide bonds. The van der Waals surface area contributed by atoms with E-state index in [0.29, 0.717) is 0 Å². The number of aromatic hydroxyl groups is 2. The molecule has 53 heteroatoms. The summed E-state index contributed by atoms with van der Waals surface area (Å²) in [6.07, 6.45) is -0.305. The number of urea groups is 1. The van der Waals surface area contributed by atoms with Crippen LogP contribution in [-0.4, -0.2) is 267 Å². The molecular weight excluding hydrogens is 1770 g/mol. The van der Waals surface area contributed by atoms with Crippen LogP contribution in [0.1, 0.15) is 155 Å². The highest BCUT2D eigenvalue weighted by atomic mass is 16.6. The fourth-order valence-corrected chi connectivity index (χ4v) is 13.4. The number of aliphatic carboxylic acids is 3. The molecule has 0 saturated carbocycles. The number of carboxylic acids is 3. The second kappa shape index (κ2) is 48.2. The van der Waals surface area contributed by atoms with E-state index in [1.165, 1.54) is 114 Å². The van der Waals surface area contributed by atoms with Crippen molar-refractivity contribution >= 4 is 130 Å². The van der Waals surface area contributed by atoms with E-state index in [9.17, 15) is 126 Å². The van der Waals surface area contributed by atoms with Gasteiger partial charge in [-0.15, -0.1) is 0 Å². The number of aromatic nitrogens is 4. The van der Waals surface area contributed by atoms with Gasteiger partial charge in [0, 0.05) is 85.4 Å². The molecule has 0 saturated heterocycles. The number of hydrogen-bond acceptors (Lipinski definition) is 28. The molecule has 53 nitrogen and oxygen atoms in total. The number of carboxylic acid groups (broad SMARTS) is 3. The van der Waals surface area contributed by atoms with Gasteiger partial charge in [-0.1, -0.05) is 13.8 Å². The Morgan fingerprint density at radius 2 is 0.896 bits per heavy atom. The second-order valence-electron chi connectivity index (χ2n) is 31.3. The molecule has 4 heterocycles. The van der Waals surface area contributed by atoms with Gasteiger partial charge in [-0.05, 0) is 115 Å². The highest BCUT2D eigenvalue weighted by molar-refractivity contribution is 6.04. The van der Waals surface area contributed by atoms with Gasteiger partial charge in [0.05, 0.1) is 42.6 Å². The quantitative estimate of drug-likeness (QED) is 0.00566. The minimum Gasteiger partial charge on any atom is -0.508 e. The van der Waals surface area contributed by atoms with E-state index < -0.39 is 272 Å². The zero-order valence-corrected chi connectivity index (χ0v) is 73.0. The summed E-state index contributed by atoms with van der Waals surface area (Å²) in [5.41, 5.74) is 18.8. The Balaban J connectivity index is 0.926. The summed E-state index contributed by atoms with van der Waals surface area (Å²) in [5, 5.41) is 91.6. The van der Waals surface area contributed by atoms with E-state index in [2.05, 4.69) is 94.4 Å². The van der Waals surface area contributed by atoms with Gasteiger partial charge in [-0.3, -0.25) is 97.1 Å². The number of carbonyl (C=O) groups excluding carboxylic acids is 18. The molecule has 0 aliphatic carbocycles. The largest absolute Gasteiger partial charge is 0.508 e. The number of nitrogens with zero attached hydrogens (tertiary/aromatic N) is 2. The molecule has 31 N–H and O–H groups in total. The number of phenols is 2. The zero-order chi connectivity index (χ0) is 99.3. The lowest BCUT2D eigenvalue weighted by molar-refractivity contribution is -0.142. The van der Waals surface area contributed by atoms with E-state index in [0.717, 1.165) is 13.8 Å². The van der Waals surface area contributed by atoms with Crippen molar-refractivity contribution < 1.29 is 136 Å². The highest BCUT2D eigenvalue weighted by Crippen LogP contribution is 2.57. The fraction of sp³-hybridized carbons (Fsp3) is 0.432. The number of hydrogen-bond donors (Lipinski definition) is 28. The standard InChI is InChI=1S/C81H105N25O28/c1-34(2)63(104-68(120)39(7)94-70(122)49(16-19-58(82)109)99-69(121)40-10-13-45-48(23-40)81(134-78(45)131)46-14-11-43(107)26-56(46)133-57-27-44(108)12-15-47(57)81)76(128)102-54(25-42-30-87-33-91-42)73(125)95-36(4)65(117)92-37(5)67(119)101-53(24-41-29-86-32-90-41)72(124)96-38(6)66(118)98-51(18-21-62(114)115)75(127)105-106-80(132)103-55(28-59(83)110)74(126)100-50(17-20-61(112)113)71(123)93-35(3)64(116)89-31-60(111)97-52(77(129)130)9-8-22-88-79(84)85/h10-15,23,26-27,29-30,32-39,49-55,63,107-108H,8-9,16-22,24-25,28,31H2,1-7H3,(H2,82,109)(H2,83,110)(H,86,90)(H,87,91)(H,89,116)(H,92,117)(H,93,123)(H,94,122)(H,95,125)(H,96,124)(H,97,111)(H,98,118)(H,99,121)(H,100,126)(H,101,119)(H,102,128)(H,104,120)(H,105,127)(H,112,113)(H,114,115)(H,129,130)(H4,84,85,88)(H2,103,106,132)/t35-,36-,37-,38-,39-,49-,50-,51-,52-,53-,54-,55-,63-/m0/s1.